The van der Waals surface area contributed by atoms with E-state index in [1.807, 2.05) is 4.90 Å². The van der Waals surface area contributed by atoms with Gasteiger partial charge in [-0.1, -0.05) is 6.92 Å². The molecule has 0 aromatic rings. The summed E-state index contributed by atoms with van der Waals surface area (Å²) < 4.78 is 5.42. The van der Waals surface area contributed by atoms with Gasteiger partial charge in [0, 0.05) is 20.2 Å². The summed E-state index contributed by atoms with van der Waals surface area (Å²) >= 11 is 0. The molecule has 2 aliphatic rings. The van der Waals surface area contributed by atoms with Crippen LogP contribution in [0.15, 0.2) is 0 Å². The summed E-state index contributed by atoms with van der Waals surface area (Å²) in [6, 6.07) is 0. The summed E-state index contributed by atoms with van der Waals surface area (Å²) in [4.78, 5) is 14.9. The van der Waals surface area contributed by atoms with Gasteiger partial charge in [-0.05, 0) is 45.2 Å². The Labute approximate surface area is 110 Å². The highest BCUT2D eigenvalue weighted by Gasteiger charge is 2.41. The maximum absolute atomic E-state index is 12.8. The lowest BCUT2D eigenvalue weighted by atomic mass is 9.75. The van der Waals surface area contributed by atoms with Crippen LogP contribution in [0.5, 0.6) is 0 Å². The van der Waals surface area contributed by atoms with E-state index >= 15 is 0 Å². The zero-order chi connectivity index (χ0) is 13.0. The Balaban J connectivity index is 2.04. The first-order valence-electron chi connectivity index (χ1n) is 7.25. The van der Waals surface area contributed by atoms with Crippen molar-refractivity contribution in [3.63, 3.8) is 0 Å². The van der Waals surface area contributed by atoms with Crippen LogP contribution >= 0.6 is 0 Å². The van der Waals surface area contributed by atoms with E-state index in [1.54, 1.807) is 7.11 Å². The molecule has 2 rings (SSSR count). The van der Waals surface area contributed by atoms with Crippen LogP contribution in [-0.4, -0.2) is 50.2 Å². The summed E-state index contributed by atoms with van der Waals surface area (Å²) in [5.74, 6) is 0.369. The second kappa shape index (κ2) is 6.02. The molecule has 0 spiro atoms. The van der Waals surface area contributed by atoms with Gasteiger partial charge in [0.25, 0.3) is 0 Å². The van der Waals surface area contributed by atoms with Crippen LogP contribution in [0.3, 0.4) is 0 Å². The molecule has 2 heterocycles. The lowest BCUT2D eigenvalue weighted by molar-refractivity contribution is -0.147. The second-order valence-corrected chi connectivity index (χ2v) is 5.63. The van der Waals surface area contributed by atoms with E-state index in [-0.39, 0.29) is 11.5 Å². The van der Waals surface area contributed by atoms with Crippen molar-refractivity contribution in [2.75, 3.05) is 33.3 Å². The van der Waals surface area contributed by atoms with Gasteiger partial charge in [-0.25, -0.2) is 0 Å². The molecule has 0 aliphatic carbocycles. The molecule has 1 unspecified atom stereocenters. The third kappa shape index (κ3) is 2.69. The minimum Gasteiger partial charge on any atom is -0.380 e. The quantitative estimate of drug-likeness (QED) is 0.828. The van der Waals surface area contributed by atoms with Gasteiger partial charge in [-0.3, -0.25) is 4.79 Å². The number of methoxy groups -OCH3 is 1. The number of hydrogen-bond donors (Lipinski definition) is 1. The number of nitrogens with one attached hydrogen (secondary N) is 1. The Morgan fingerprint density at radius 3 is 2.78 bits per heavy atom. The molecule has 0 radical (unpaired) electrons. The zero-order valence-electron chi connectivity index (χ0n) is 11.7. The molecule has 0 bridgehead atoms. The Morgan fingerprint density at radius 2 is 2.17 bits per heavy atom. The topological polar surface area (TPSA) is 41.6 Å². The average Bonchev–Trinajstić information content (AvgIpc) is 2.47. The molecular formula is C14H26N2O2. The highest BCUT2D eigenvalue weighted by molar-refractivity contribution is 5.83. The number of carbonyl (C=O) groups excluding carboxylic acids is 1. The number of ether oxygens (including phenoxy) is 1. The first kappa shape index (κ1) is 13.8. The van der Waals surface area contributed by atoms with Crippen molar-refractivity contribution in [1.82, 2.24) is 10.2 Å². The monoisotopic (exact) mass is 254 g/mol. The lowest BCUT2D eigenvalue weighted by Gasteiger charge is -2.42. The Bertz CT molecular complexity index is 288. The molecule has 1 N–H and O–H groups in total. The lowest BCUT2D eigenvalue weighted by Crippen LogP contribution is -2.52. The Hall–Kier alpha value is -0.610. The molecule has 4 heteroatoms. The normalized spacial score (nSPS) is 28.1. The smallest absolute Gasteiger partial charge is 0.228 e. The molecule has 18 heavy (non-hydrogen) atoms. The molecule has 104 valence electrons. The standard InChI is InChI=1S/C14H26N2O2/c1-3-14(6-8-15-9-7-14)13(17)16-10-4-5-12(11-16)18-2/h12,15H,3-11H2,1-2H3. The molecular weight excluding hydrogens is 228 g/mol. The molecule has 2 aliphatic heterocycles. The van der Waals surface area contributed by atoms with Crippen molar-refractivity contribution in [3.05, 3.63) is 0 Å². The summed E-state index contributed by atoms with van der Waals surface area (Å²) in [7, 11) is 1.75. The van der Waals surface area contributed by atoms with Gasteiger partial charge in [-0.2, -0.15) is 0 Å². The van der Waals surface area contributed by atoms with Gasteiger partial charge >= 0.3 is 0 Å². The van der Waals surface area contributed by atoms with Crippen molar-refractivity contribution in [2.45, 2.75) is 45.1 Å². The molecule has 0 aromatic carbocycles. The van der Waals surface area contributed by atoms with Gasteiger partial charge in [-0.15, -0.1) is 0 Å². The predicted octanol–water partition coefficient (Wildman–Crippen LogP) is 1.40. The van der Waals surface area contributed by atoms with Gasteiger partial charge < -0.3 is 15.0 Å². The molecule has 1 atom stereocenters. The third-order valence-corrected chi connectivity index (χ3v) is 4.69. The van der Waals surface area contributed by atoms with Crippen LogP contribution in [0.25, 0.3) is 0 Å². The summed E-state index contributed by atoms with van der Waals surface area (Å²) in [6.45, 7) is 5.79. The number of likely N-dealkylation sites (tertiary alicyclic amines) is 1. The first-order chi connectivity index (χ1) is 8.72. The molecule has 2 fully saturated rings. The van der Waals surface area contributed by atoms with Crippen LogP contribution in [0.1, 0.15) is 39.0 Å². The molecule has 0 saturated carbocycles. The Morgan fingerprint density at radius 1 is 1.44 bits per heavy atom. The van der Waals surface area contributed by atoms with Crippen LogP contribution < -0.4 is 5.32 Å². The number of hydrogen-bond acceptors (Lipinski definition) is 3. The predicted molar refractivity (Wildman–Crippen MR) is 71.4 cm³/mol. The first-order valence-corrected chi connectivity index (χ1v) is 7.25. The molecule has 1 amide bonds. The van der Waals surface area contributed by atoms with E-state index in [1.165, 1.54) is 0 Å². The number of piperidine rings is 2. The van der Waals surface area contributed by atoms with Gasteiger partial charge in [0.1, 0.15) is 0 Å². The van der Waals surface area contributed by atoms with Crippen molar-refractivity contribution >= 4 is 5.91 Å². The summed E-state index contributed by atoms with van der Waals surface area (Å²) in [5, 5.41) is 3.36. The SMILES string of the molecule is CCC1(C(=O)N2CCCC(OC)C2)CCNCC1. The van der Waals surface area contributed by atoms with Gasteiger partial charge in [0.2, 0.25) is 5.91 Å². The highest BCUT2D eigenvalue weighted by atomic mass is 16.5. The van der Waals surface area contributed by atoms with Gasteiger partial charge in [0.05, 0.1) is 11.5 Å². The fourth-order valence-electron chi connectivity index (χ4n) is 3.27. The van der Waals surface area contributed by atoms with Crippen LogP contribution in [-0.2, 0) is 9.53 Å². The van der Waals surface area contributed by atoms with E-state index in [4.69, 9.17) is 4.74 Å². The molecule has 0 aromatic heterocycles. The van der Waals surface area contributed by atoms with Gasteiger partial charge in [0.15, 0.2) is 0 Å². The maximum atomic E-state index is 12.8. The highest BCUT2D eigenvalue weighted by Crippen LogP contribution is 2.35. The van der Waals surface area contributed by atoms with E-state index in [0.29, 0.717) is 5.91 Å². The van der Waals surface area contributed by atoms with Crippen LogP contribution in [0, 0.1) is 5.41 Å². The van der Waals surface area contributed by atoms with Crippen molar-refractivity contribution in [2.24, 2.45) is 5.41 Å². The van der Waals surface area contributed by atoms with Crippen LogP contribution in [0.2, 0.25) is 0 Å². The summed E-state index contributed by atoms with van der Waals surface area (Å²) in [5.41, 5.74) is -0.110. The van der Waals surface area contributed by atoms with Crippen LogP contribution in [0.4, 0.5) is 0 Å². The molecule has 4 nitrogen and oxygen atoms in total. The zero-order valence-corrected chi connectivity index (χ0v) is 11.7. The van der Waals surface area contributed by atoms with E-state index in [9.17, 15) is 4.79 Å². The number of rotatable bonds is 3. The number of carbonyl (C=O) groups is 1. The fourth-order valence-corrected chi connectivity index (χ4v) is 3.27. The van der Waals surface area contributed by atoms with E-state index < -0.39 is 0 Å². The largest absolute Gasteiger partial charge is 0.380 e. The third-order valence-electron chi connectivity index (χ3n) is 4.69. The number of nitrogens with zero attached hydrogens (tertiary/aromatic N) is 1. The van der Waals surface area contributed by atoms with Crippen molar-refractivity contribution in [1.29, 1.82) is 0 Å². The Kier molecular flexibility index (Phi) is 4.62. The van der Waals surface area contributed by atoms with Crippen molar-refractivity contribution < 1.29 is 9.53 Å². The second-order valence-electron chi connectivity index (χ2n) is 5.63. The fraction of sp³-hybridized carbons (Fsp3) is 0.929. The van der Waals surface area contributed by atoms with E-state index in [2.05, 4.69) is 12.2 Å². The minimum absolute atomic E-state index is 0.110. The van der Waals surface area contributed by atoms with E-state index in [0.717, 1.165) is 58.3 Å². The summed E-state index contributed by atoms with van der Waals surface area (Å²) in [6.07, 6.45) is 5.32. The minimum atomic E-state index is -0.110. The van der Waals surface area contributed by atoms with Crippen molar-refractivity contribution in [3.8, 4) is 0 Å². The molecule has 2 saturated heterocycles. The maximum Gasteiger partial charge on any atom is 0.228 e. The number of amides is 1. The average molecular weight is 254 g/mol.